The number of benzene rings is 2. The largest absolute Gasteiger partial charge is 0.394 e. The predicted octanol–water partition coefficient (Wildman–Crippen LogP) is -10.6. The van der Waals surface area contributed by atoms with Crippen LogP contribution in [0.15, 0.2) is 34.1 Å². The number of aliphatic hydroxyl groups is 19. The number of ether oxygens (including phenoxy) is 14. The van der Waals surface area contributed by atoms with Gasteiger partial charge in [0.15, 0.2) is 56.2 Å². The van der Waals surface area contributed by atoms with E-state index in [1.165, 1.54) is 52.0 Å². The fraction of sp³-hybridized carbons (Fsp3) is 0.800. The van der Waals surface area contributed by atoms with Crippen molar-refractivity contribution in [1.82, 2.24) is 0 Å². The Morgan fingerprint density at radius 3 is 0.624 bits per heavy atom. The zero-order valence-corrected chi connectivity index (χ0v) is 56.6. The highest BCUT2D eigenvalue weighted by Gasteiger charge is 2.61. The lowest BCUT2D eigenvalue weighted by molar-refractivity contribution is -0.396. The maximum absolute atomic E-state index is 14.6. The zero-order chi connectivity index (χ0) is 73.9. The van der Waals surface area contributed by atoms with Gasteiger partial charge in [-0.05, 0) is 63.8 Å². The molecule has 15 fully saturated rings. The van der Waals surface area contributed by atoms with Gasteiger partial charge in [0.05, 0.1) is 56.0 Å². The summed E-state index contributed by atoms with van der Waals surface area (Å²) >= 11 is 0. The summed E-state index contributed by atoms with van der Waals surface area (Å²) in [5.74, 6) is 0. The van der Waals surface area contributed by atoms with Crippen LogP contribution in [0.25, 0.3) is 0 Å². The van der Waals surface area contributed by atoms with E-state index >= 15 is 0 Å². The van der Waals surface area contributed by atoms with Crippen molar-refractivity contribution in [1.29, 1.82) is 0 Å². The van der Waals surface area contributed by atoms with Crippen molar-refractivity contribution in [2.75, 3.05) is 46.2 Å². The molecule has 0 unspecified atom stereocenters. The molecule has 15 aliphatic rings. The van der Waals surface area contributed by atoms with E-state index in [4.69, 9.17) is 74.7 Å². The van der Waals surface area contributed by atoms with E-state index in [0.29, 0.717) is 11.1 Å². The van der Waals surface area contributed by atoms with E-state index in [2.05, 4.69) is 0 Å². The molecular formula is C60H90O39S2. The first-order valence-electron chi connectivity index (χ1n) is 32.3. The summed E-state index contributed by atoms with van der Waals surface area (Å²) in [7, 11) is -10.3. The summed E-state index contributed by atoms with van der Waals surface area (Å²) in [5.41, 5.74) is 1.72. The molecule has 19 N–H and O–H groups in total. The van der Waals surface area contributed by atoms with Gasteiger partial charge in [0.1, 0.15) is 159 Å². The Hall–Kier alpha value is -3.06. The Morgan fingerprint density at radius 2 is 0.436 bits per heavy atom. The zero-order valence-electron chi connectivity index (χ0n) is 54.9. The van der Waals surface area contributed by atoms with Crippen LogP contribution < -0.4 is 0 Å². The fourth-order valence-electron chi connectivity index (χ4n) is 14.1. The second-order valence-corrected chi connectivity index (χ2v) is 29.2. The van der Waals surface area contributed by atoms with Crippen LogP contribution in [0.5, 0.6) is 0 Å². The molecule has 15 heterocycles. The lowest BCUT2D eigenvalue weighted by atomic mass is 9.95. The molecule has 2 aromatic carbocycles. The van der Waals surface area contributed by atoms with Gasteiger partial charge in [0.2, 0.25) is 0 Å². The Bertz CT molecular complexity index is 3180. The van der Waals surface area contributed by atoms with E-state index in [0.717, 1.165) is 0 Å². The van der Waals surface area contributed by atoms with E-state index in [9.17, 15) is 114 Å². The molecule has 0 aromatic heterocycles. The van der Waals surface area contributed by atoms with Gasteiger partial charge in [-0.2, -0.15) is 16.8 Å². The molecule has 0 radical (unpaired) electrons. The molecule has 35 atom stereocenters. The van der Waals surface area contributed by atoms with Gasteiger partial charge in [-0.1, -0.05) is 35.4 Å². The molecule has 14 bridgehead atoms. The smallest absolute Gasteiger partial charge is 0.298 e. The van der Waals surface area contributed by atoms with Crippen molar-refractivity contribution in [3.8, 4) is 0 Å². The van der Waals surface area contributed by atoms with Gasteiger partial charge in [0, 0.05) is 0 Å². The van der Waals surface area contributed by atoms with E-state index in [-0.39, 0.29) is 22.3 Å². The molecule has 0 amide bonds. The molecule has 0 aliphatic carbocycles. The number of fused-ring (bicyclic) bond motifs is 7. The summed E-state index contributed by atoms with van der Waals surface area (Å²) in [6.45, 7) is 0.806. The van der Waals surface area contributed by atoms with Crippen LogP contribution in [0.1, 0.15) is 33.4 Å². The van der Waals surface area contributed by atoms with Gasteiger partial charge in [0.25, 0.3) is 20.2 Å². The lowest BCUT2D eigenvalue weighted by Gasteiger charge is -2.50. The minimum absolute atomic E-state index is 0.125. The fourth-order valence-corrected chi connectivity index (χ4v) is 17.1. The minimum Gasteiger partial charge on any atom is -0.394 e. The number of hydrogen-bond donors (Lipinski definition) is 19. The van der Waals surface area contributed by atoms with Crippen molar-refractivity contribution in [2.45, 2.75) is 266 Å². The van der Waals surface area contributed by atoms with Gasteiger partial charge in [-0.15, -0.1) is 0 Å². The maximum Gasteiger partial charge on any atom is 0.298 e. The molecular weight excluding hydrogens is 1410 g/mol. The SMILES string of the molecule is Cc1cc(C)c(S(=O)(=O)O[C@H]2[C@H]3O[C@H]4[C@H](O)[C@@H](O)[C@@H](O[C@H]5[C@H](O)[C@@H](OS(=O)(=O)c6c(C)cc(C)cc6C)[C@@H](O[C@H]6[C@H](O)[C@@H](O)[C@@H](O[C@H]7[C@H](O)[C@@H](O)[C@@H](O[C@H]8[C@H](O)[C@H](O)[C@@H](O[C@H]9[C@H](O)[C@H](O)[C@@H](O[C@@H]([C@@H]2O)[C@@H](CO)O3)O[C@@H]9CO)O[C@@H]8CO)O[C@@H]7CO)O[C@@H]6CO)O[C@@H]5CO)O[C@@H]4CO)c(C)c1. The van der Waals surface area contributed by atoms with Crippen molar-refractivity contribution in [3.05, 3.63) is 57.6 Å². The molecule has 0 saturated carbocycles. The normalized spacial score (nSPS) is 45.3. The number of aliphatic hydroxyl groups excluding tert-OH is 19. The van der Waals surface area contributed by atoms with Crippen LogP contribution in [0.4, 0.5) is 0 Å². The third-order valence-corrected chi connectivity index (χ3v) is 22.2. The third kappa shape index (κ3) is 16.1. The summed E-state index contributed by atoms with van der Waals surface area (Å²) in [6.07, 6.45) is -76.7. The average molecular weight is 1500 g/mol. The third-order valence-electron chi connectivity index (χ3n) is 18.9. The second kappa shape index (κ2) is 32.8. The maximum atomic E-state index is 14.6. The van der Waals surface area contributed by atoms with Crippen molar-refractivity contribution in [2.24, 2.45) is 0 Å². The Morgan fingerprint density at radius 1 is 0.267 bits per heavy atom. The van der Waals surface area contributed by atoms with Crippen molar-refractivity contribution < 1.29 is 189 Å². The summed E-state index contributed by atoms with van der Waals surface area (Å²) < 4.78 is 152. The monoisotopic (exact) mass is 1500 g/mol. The molecule has 39 nitrogen and oxygen atoms in total. The average Bonchev–Trinajstić information content (AvgIpc) is 0.770. The van der Waals surface area contributed by atoms with Crippen LogP contribution >= 0.6 is 0 Å². The summed E-state index contributed by atoms with van der Waals surface area (Å²) in [4.78, 5) is -0.878. The number of aryl methyl sites for hydroxylation is 6. The summed E-state index contributed by atoms with van der Waals surface area (Å²) in [6, 6.07) is 5.92. The van der Waals surface area contributed by atoms with Crippen LogP contribution in [0.2, 0.25) is 0 Å². The first-order chi connectivity index (χ1) is 47.7. The highest BCUT2D eigenvalue weighted by atomic mass is 32.2. The Kier molecular flexibility index (Phi) is 26.1. The molecule has 0 spiro atoms. The van der Waals surface area contributed by atoms with Gasteiger partial charge in [-0.3, -0.25) is 8.37 Å². The predicted molar refractivity (Wildman–Crippen MR) is 322 cm³/mol. The molecule has 101 heavy (non-hydrogen) atoms. The van der Waals surface area contributed by atoms with E-state index in [1.807, 2.05) is 0 Å². The van der Waals surface area contributed by atoms with Crippen LogP contribution in [0, 0.1) is 41.5 Å². The number of rotatable bonds is 13. The van der Waals surface area contributed by atoms with Gasteiger partial charge in [-0.25, -0.2) is 0 Å². The van der Waals surface area contributed by atoms with Gasteiger partial charge < -0.3 is 163 Å². The quantitative estimate of drug-likeness (QED) is 0.0828. The van der Waals surface area contributed by atoms with E-state index in [1.54, 1.807) is 13.8 Å². The Balaban J connectivity index is 1.03. The molecule has 15 aliphatic heterocycles. The molecule has 41 heteroatoms. The van der Waals surface area contributed by atoms with Gasteiger partial charge >= 0.3 is 0 Å². The highest BCUT2D eigenvalue weighted by Crippen LogP contribution is 2.42. The van der Waals surface area contributed by atoms with Crippen LogP contribution in [-0.4, -0.2) is 375 Å². The topological polar surface area (TPSA) is 600 Å². The molecule has 17 rings (SSSR count). The first-order valence-corrected chi connectivity index (χ1v) is 35.1. The van der Waals surface area contributed by atoms with Crippen LogP contribution in [-0.2, 0) is 94.9 Å². The highest BCUT2D eigenvalue weighted by molar-refractivity contribution is 7.87. The molecule has 15 saturated heterocycles. The molecule has 576 valence electrons. The number of hydrogen-bond acceptors (Lipinski definition) is 39. The summed E-state index contributed by atoms with van der Waals surface area (Å²) in [5, 5.41) is 217. The molecule has 2 aromatic rings. The van der Waals surface area contributed by atoms with Crippen molar-refractivity contribution in [3.63, 3.8) is 0 Å². The minimum atomic E-state index is -5.14. The van der Waals surface area contributed by atoms with Crippen LogP contribution in [0.3, 0.4) is 0 Å². The lowest BCUT2D eigenvalue weighted by Crippen LogP contribution is -2.68. The van der Waals surface area contributed by atoms with Crippen molar-refractivity contribution >= 4 is 20.2 Å². The Labute approximate surface area is 577 Å². The second-order valence-electron chi connectivity index (χ2n) is 26.2. The standard InChI is InChI=1S/C60H90O39S2/c1-18-7-20(3)52(21(4)8-18)100(80,81)98-50-41(78)48-29(16-66)89-60(50)97-47-28(15-65)88-58(40(77)35(47)72)95-49-30(17-67)90-59(51(42(49)79)99-101(82,83)53-22(5)9-19(2)10-23(53)6)96-46-27(14-64)87-56(39(76)34(46)71)93-44-25(12-62)85-54(37(74)32(44)69)91-43-24(11-61)84-55(36(73)31(43)68)92-45-26(13-63)86-57(94-48)38(75)33(45)70/h7-10,24-51,54-79H,11-17H2,1-6H3/t24-,25-,26-,27-,28-,29-,30-,31-,32-,33-,34-,35-,36+,37-,38+,39-,40-,41+,42+,43-,44-,45-,46-,47-,48-,49-,50-,51-,54-,55-,56-,57-,58-,59-,60-/m1/s1. The van der Waals surface area contributed by atoms with E-state index < -0.39 is 291 Å². The first kappa shape index (κ1) is 80.5.